The summed E-state index contributed by atoms with van der Waals surface area (Å²) in [6.07, 6.45) is 0. The van der Waals surface area contributed by atoms with Gasteiger partial charge in [-0.1, -0.05) is 27.7 Å². The van der Waals surface area contributed by atoms with Gasteiger partial charge in [0.2, 0.25) is 5.91 Å². The van der Waals surface area contributed by atoms with Gasteiger partial charge in [-0.2, -0.15) is 0 Å². The molecular weight excluding hydrogens is 174 g/mol. The summed E-state index contributed by atoms with van der Waals surface area (Å²) in [5.74, 6) is 1.10. The number of rotatable bonds is 3. The van der Waals surface area contributed by atoms with E-state index in [1.165, 1.54) is 0 Å². The lowest BCUT2D eigenvalue weighted by Gasteiger charge is -2.29. The van der Waals surface area contributed by atoms with Gasteiger partial charge in [-0.05, 0) is 32.6 Å². The number of amides is 1. The Morgan fingerprint density at radius 2 is 1.36 bits per heavy atom. The van der Waals surface area contributed by atoms with Crippen LogP contribution in [0.2, 0.25) is 0 Å². The van der Waals surface area contributed by atoms with E-state index in [2.05, 4.69) is 33.0 Å². The maximum Gasteiger partial charge on any atom is 0.224 e. The third kappa shape index (κ3) is 4.64. The van der Waals surface area contributed by atoms with Crippen molar-refractivity contribution in [1.82, 2.24) is 5.32 Å². The van der Waals surface area contributed by atoms with Gasteiger partial charge in [-0.15, -0.1) is 0 Å². The Hall–Kier alpha value is -0.530. The van der Waals surface area contributed by atoms with Crippen LogP contribution in [-0.2, 0) is 4.79 Å². The zero-order valence-corrected chi connectivity index (χ0v) is 10.6. The minimum absolute atomic E-state index is 0.120. The summed E-state index contributed by atoms with van der Waals surface area (Å²) < 4.78 is 0. The summed E-state index contributed by atoms with van der Waals surface area (Å²) in [7, 11) is 0. The number of carbonyl (C=O) groups excluding carboxylic acids is 1. The first kappa shape index (κ1) is 13.5. The highest BCUT2D eigenvalue weighted by atomic mass is 16.2. The van der Waals surface area contributed by atoms with E-state index in [-0.39, 0.29) is 17.4 Å². The van der Waals surface area contributed by atoms with Gasteiger partial charge in [-0.3, -0.25) is 4.79 Å². The highest BCUT2D eigenvalue weighted by Crippen LogP contribution is 2.21. The molecule has 0 fully saturated rings. The molecule has 2 nitrogen and oxygen atoms in total. The molecule has 0 unspecified atom stereocenters. The molecule has 0 aliphatic rings. The van der Waals surface area contributed by atoms with Crippen molar-refractivity contribution in [3.05, 3.63) is 0 Å². The largest absolute Gasteiger partial charge is 0.351 e. The van der Waals surface area contributed by atoms with Gasteiger partial charge < -0.3 is 5.32 Å². The Balaban J connectivity index is 4.47. The summed E-state index contributed by atoms with van der Waals surface area (Å²) in [5.41, 5.74) is -0.126. The van der Waals surface area contributed by atoms with E-state index in [0.29, 0.717) is 11.8 Å². The normalized spacial score (nSPS) is 12.7. The monoisotopic (exact) mass is 199 g/mol. The van der Waals surface area contributed by atoms with Gasteiger partial charge in [0, 0.05) is 11.5 Å². The van der Waals surface area contributed by atoms with Crippen LogP contribution in [0, 0.1) is 17.8 Å². The number of hydrogen-bond donors (Lipinski definition) is 1. The Morgan fingerprint density at radius 3 is 1.57 bits per heavy atom. The minimum Gasteiger partial charge on any atom is -0.351 e. The van der Waals surface area contributed by atoms with Crippen LogP contribution in [-0.4, -0.2) is 11.4 Å². The van der Waals surface area contributed by atoms with Crippen molar-refractivity contribution in [2.24, 2.45) is 17.8 Å². The smallest absolute Gasteiger partial charge is 0.224 e. The van der Waals surface area contributed by atoms with Crippen molar-refractivity contribution in [3.63, 3.8) is 0 Å². The van der Waals surface area contributed by atoms with Crippen LogP contribution in [0.5, 0.6) is 0 Å². The zero-order chi connectivity index (χ0) is 11.5. The topological polar surface area (TPSA) is 29.1 Å². The van der Waals surface area contributed by atoms with Crippen molar-refractivity contribution in [2.75, 3.05) is 0 Å². The van der Waals surface area contributed by atoms with Crippen LogP contribution in [0.3, 0.4) is 0 Å². The molecule has 0 aromatic heterocycles. The predicted molar refractivity (Wildman–Crippen MR) is 61.1 cm³/mol. The Labute approximate surface area is 88.5 Å². The van der Waals surface area contributed by atoms with Gasteiger partial charge in [0.05, 0.1) is 0 Å². The summed E-state index contributed by atoms with van der Waals surface area (Å²) in [5, 5.41) is 3.04. The first-order valence-electron chi connectivity index (χ1n) is 5.47. The van der Waals surface area contributed by atoms with Crippen LogP contribution in [0.4, 0.5) is 0 Å². The summed E-state index contributed by atoms with van der Waals surface area (Å²) in [6.45, 7) is 14.5. The Morgan fingerprint density at radius 1 is 1.00 bits per heavy atom. The van der Waals surface area contributed by atoms with E-state index in [0.717, 1.165) is 0 Å². The van der Waals surface area contributed by atoms with E-state index in [1.807, 2.05) is 20.8 Å². The van der Waals surface area contributed by atoms with Crippen molar-refractivity contribution in [1.29, 1.82) is 0 Å². The molecule has 0 atom stereocenters. The molecular formula is C12H25NO. The molecule has 0 aromatic rings. The van der Waals surface area contributed by atoms with Crippen LogP contribution in [0.25, 0.3) is 0 Å². The second kappa shape index (κ2) is 4.81. The van der Waals surface area contributed by atoms with Gasteiger partial charge in [0.25, 0.3) is 0 Å². The molecule has 14 heavy (non-hydrogen) atoms. The molecule has 0 aliphatic heterocycles. The molecule has 2 heteroatoms. The van der Waals surface area contributed by atoms with E-state index in [9.17, 15) is 4.79 Å². The van der Waals surface area contributed by atoms with E-state index >= 15 is 0 Å². The molecule has 0 saturated heterocycles. The fourth-order valence-electron chi connectivity index (χ4n) is 1.83. The standard InChI is InChI=1S/C12H25NO/c1-8(2)10(9(3)4)11(14)13-12(5,6)7/h8-10H,1-7H3,(H,13,14). The highest BCUT2D eigenvalue weighted by molar-refractivity contribution is 5.79. The van der Waals surface area contributed by atoms with E-state index in [4.69, 9.17) is 0 Å². The number of nitrogens with one attached hydrogen (secondary N) is 1. The molecule has 1 N–H and O–H groups in total. The highest BCUT2D eigenvalue weighted by Gasteiger charge is 2.27. The third-order valence-electron chi connectivity index (χ3n) is 2.24. The number of carbonyl (C=O) groups is 1. The fraction of sp³-hybridized carbons (Fsp3) is 0.917. The first-order chi connectivity index (χ1) is 6.15. The summed E-state index contributed by atoms with van der Waals surface area (Å²) in [4.78, 5) is 11.9. The second-order valence-corrected chi connectivity index (χ2v) is 5.75. The maximum absolute atomic E-state index is 11.9. The van der Waals surface area contributed by atoms with Gasteiger partial charge in [0.15, 0.2) is 0 Å². The van der Waals surface area contributed by atoms with Crippen LogP contribution in [0.15, 0.2) is 0 Å². The molecule has 0 rings (SSSR count). The summed E-state index contributed by atoms with van der Waals surface area (Å²) >= 11 is 0. The third-order valence-corrected chi connectivity index (χ3v) is 2.24. The van der Waals surface area contributed by atoms with Crippen molar-refractivity contribution in [3.8, 4) is 0 Å². The van der Waals surface area contributed by atoms with Gasteiger partial charge in [0.1, 0.15) is 0 Å². The Kier molecular flexibility index (Phi) is 4.63. The van der Waals surface area contributed by atoms with Crippen LogP contribution >= 0.6 is 0 Å². The summed E-state index contributed by atoms with van der Waals surface area (Å²) in [6, 6.07) is 0. The first-order valence-corrected chi connectivity index (χ1v) is 5.47. The molecule has 0 bridgehead atoms. The fourth-order valence-corrected chi connectivity index (χ4v) is 1.83. The number of hydrogen-bond acceptors (Lipinski definition) is 1. The average molecular weight is 199 g/mol. The van der Waals surface area contributed by atoms with Crippen molar-refractivity contribution >= 4 is 5.91 Å². The molecule has 0 aromatic carbocycles. The predicted octanol–water partition coefficient (Wildman–Crippen LogP) is 2.83. The van der Waals surface area contributed by atoms with Crippen LogP contribution in [0.1, 0.15) is 48.5 Å². The van der Waals surface area contributed by atoms with Crippen molar-refractivity contribution in [2.45, 2.75) is 54.0 Å². The lowest BCUT2D eigenvalue weighted by atomic mass is 9.84. The van der Waals surface area contributed by atoms with Crippen molar-refractivity contribution < 1.29 is 4.79 Å². The molecule has 0 radical (unpaired) electrons. The molecule has 1 amide bonds. The molecule has 0 saturated carbocycles. The quantitative estimate of drug-likeness (QED) is 0.744. The lowest BCUT2D eigenvalue weighted by molar-refractivity contribution is -0.129. The second-order valence-electron chi connectivity index (χ2n) is 5.75. The zero-order valence-electron chi connectivity index (χ0n) is 10.6. The van der Waals surface area contributed by atoms with Gasteiger partial charge in [-0.25, -0.2) is 0 Å². The lowest BCUT2D eigenvalue weighted by Crippen LogP contribution is -2.46. The van der Waals surface area contributed by atoms with E-state index in [1.54, 1.807) is 0 Å². The molecule has 0 aliphatic carbocycles. The minimum atomic E-state index is -0.126. The Bertz CT molecular complexity index is 181. The van der Waals surface area contributed by atoms with Gasteiger partial charge >= 0.3 is 0 Å². The molecule has 84 valence electrons. The average Bonchev–Trinajstić information content (AvgIpc) is 1.78. The molecule has 0 heterocycles. The van der Waals surface area contributed by atoms with E-state index < -0.39 is 0 Å². The molecule has 0 spiro atoms. The SMILES string of the molecule is CC(C)C(C(=O)NC(C)(C)C)C(C)C. The maximum atomic E-state index is 11.9. The van der Waals surface area contributed by atoms with Crippen LogP contribution < -0.4 is 5.32 Å².